The predicted octanol–water partition coefficient (Wildman–Crippen LogP) is 1.96. The highest BCUT2D eigenvalue weighted by Crippen LogP contribution is 2.18. The van der Waals surface area contributed by atoms with Gasteiger partial charge in [0, 0.05) is 13.0 Å². The molecular formula is C12H12ClFN4O. The molecule has 0 bridgehead atoms. The number of H-pyrrole nitrogens is 1. The Kier molecular flexibility index (Phi) is 4.46. The molecule has 0 spiro atoms. The van der Waals surface area contributed by atoms with Crippen molar-refractivity contribution in [3.05, 3.63) is 46.8 Å². The lowest BCUT2D eigenvalue weighted by Crippen LogP contribution is -2.26. The summed E-state index contributed by atoms with van der Waals surface area (Å²) in [5.74, 6) is -0.390. The van der Waals surface area contributed by atoms with E-state index in [2.05, 4.69) is 20.5 Å². The summed E-state index contributed by atoms with van der Waals surface area (Å²) < 4.78 is 13.5. The molecular weight excluding hydrogens is 271 g/mol. The van der Waals surface area contributed by atoms with E-state index in [0.717, 1.165) is 5.82 Å². The number of carbonyl (C=O) groups excluding carboxylic acids is 1. The largest absolute Gasteiger partial charge is 0.352 e. The maximum Gasteiger partial charge on any atom is 0.255 e. The van der Waals surface area contributed by atoms with E-state index in [4.69, 9.17) is 11.6 Å². The molecule has 0 radical (unpaired) electrons. The van der Waals surface area contributed by atoms with Gasteiger partial charge in [-0.25, -0.2) is 9.37 Å². The number of amides is 1. The first-order valence-corrected chi connectivity index (χ1v) is 6.12. The van der Waals surface area contributed by atoms with Crippen LogP contribution in [0.4, 0.5) is 4.39 Å². The van der Waals surface area contributed by atoms with Gasteiger partial charge in [0.15, 0.2) is 0 Å². The summed E-state index contributed by atoms with van der Waals surface area (Å²) >= 11 is 5.79. The van der Waals surface area contributed by atoms with Crippen molar-refractivity contribution >= 4 is 17.5 Å². The van der Waals surface area contributed by atoms with E-state index in [1.165, 1.54) is 24.5 Å². The van der Waals surface area contributed by atoms with E-state index in [1.807, 2.05) is 0 Å². The molecule has 1 heterocycles. The van der Waals surface area contributed by atoms with Gasteiger partial charge < -0.3 is 5.32 Å². The molecule has 0 aliphatic rings. The van der Waals surface area contributed by atoms with E-state index in [1.54, 1.807) is 0 Å². The first-order chi connectivity index (χ1) is 9.18. The van der Waals surface area contributed by atoms with Crippen LogP contribution in [0.3, 0.4) is 0 Å². The maximum atomic E-state index is 13.5. The molecule has 0 saturated carbocycles. The first kappa shape index (κ1) is 13.5. The van der Waals surface area contributed by atoms with Gasteiger partial charge in [-0.15, -0.1) is 0 Å². The third kappa shape index (κ3) is 3.51. The van der Waals surface area contributed by atoms with E-state index in [9.17, 15) is 9.18 Å². The predicted molar refractivity (Wildman–Crippen MR) is 68.4 cm³/mol. The third-order valence-corrected chi connectivity index (χ3v) is 2.85. The van der Waals surface area contributed by atoms with E-state index in [0.29, 0.717) is 19.4 Å². The Bertz CT molecular complexity index is 539. The van der Waals surface area contributed by atoms with Crippen molar-refractivity contribution in [1.82, 2.24) is 20.5 Å². The van der Waals surface area contributed by atoms with Crippen LogP contribution in [0, 0.1) is 5.82 Å². The number of aromatic amines is 1. The number of halogens is 2. The molecule has 0 atom stereocenters. The van der Waals surface area contributed by atoms with E-state index in [-0.39, 0.29) is 10.6 Å². The van der Waals surface area contributed by atoms with Gasteiger partial charge in [-0.1, -0.05) is 17.7 Å². The fourth-order valence-corrected chi connectivity index (χ4v) is 1.86. The topological polar surface area (TPSA) is 70.7 Å². The van der Waals surface area contributed by atoms with Gasteiger partial charge in [-0.05, 0) is 18.6 Å². The molecule has 0 aliphatic carbocycles. The zero-order valence-corrected chi connectivity index (χ0v) is 10.7. The third-order valence-electron chi connectivity index (χ3n) is 2.53. The zero-order chi connectivity index (χ0) is 13.7. The summed E-state index contributed by atoms with van der Waals surface area (Å²) in [6, 6.07) is 4.14. The molecule has 2 N–H and O–H groups in total. The number of hydrogen-bond donors (Lipinski definition) is 2. The molecule has 7 heteroatoms. The van der Waals surface area contributed by atoms with E-state index >= 15 is 0 Å². The average Bonchev–Trinajstić information content (AvgIpc) is 2.87. The first-order valence-electron chi connectivity index (χ1n) is 5.75. The molecule has 0 unspecified atom stereocenters. The van der Waals surface area contributed by atoms with Crippen molar-refractivity contribution in [3.8, 4) is 0 Å². The van der Waals surface area contributed by atoms with Crippen molar-refractivity contribution in [2.45, 2.75) is 12.8 Å². The van der Waals surface area contributed by atoms with Crippen molar-refractivity contribution in [2.24, 2.45) is 0 Å². The second kappa shape index (κ2) is 6.29. The van der Waals surface area contributed by atoms with Crippen LogP contribution >= 0.6 is 11.6 Å². The van der Waals surface area contributed by atoms with Crippen molar-refractivity contribution < 1.29 is 9.18 Å². The molecule has 1 amide bonds. The normalized spacial score (nSPS) is 10.4. The average molecular weight is 283 g/mol. The number of nitrogens with one attached hydrogen (secondary N) is 2. The van der Waals surface area contributed by atoms with Gasteiger partial charge in [0.2, 0.25) is 0 Å². The number of carbonyl (C=O) groups is 1. The molecule has 1 aromatic carbocycles. The number of benzene rings is 1. The highest BCUT2D eigenvalue weighted by atomic mass is 35.5. The minimum absolute atomic E-state index is 0.104. The fourth-order valence-electron chi connectivity index (χ4n) is 1.61. The van der Waals surface area contributed by atoms with Crippen LogP contribution in [0.2, 0.25) is 5.02 Å². The van der Waals surface area contributed by atoms with Crippen LogP contribution in [0.1, 0.15) is 22.6 Å². The standard InChI is InChI=1S/C12H12ClFN4O/c13-8-3-1-4-9(14)11(8)12(19)15-6-2-5-10-16-7-17-18-10/h1,3-4,7H,2,5-6H2,(H,15,19)(H,16,17,18). The second-order valence-corrected chi connectivity index (χ2v) is 4.30. The molecule has 1 aromatic heterocycles. The summed E-state index contributed by atoms with van der Waals surface area (Å²) in [6.45, 7) is 0.407. The van der Waals surface area contributed by atoms with Gasteiger partial charge in [0.05, 0.1) is 10.6 Å². The number of nitrogens with zero attached hydrogens (tertiary/aromatic N) is 2. The summed E-state index contributed by atoms with van der Waals surface area (Å²) in [4.78, 5) is 15.7. The highest BCUT2D eigenvalue weighted by Gasteiger charge is 2.14. The SMILES string of the molecule is O=C(NCCCc1ncn[nH]1)c1c(F)cccc1Cl. The Morgan fingerprint density at radius 1 is 1.47 bits per heavy atom. The van der Waals surface area contributed by atoms with Crippen LogP contribution in [-0.4, -0.2) is 27.6 Å². The molecule has 0 fully saturated rings. The van der Waals surface area contributed by atoms with Gasteiger partial charge in [-0.2, -0.15) is 5.10 Å². The molecule has 0 aliphatic heterocycles. The minimum Gasteiger partial charge on any atom is -0.352 e. The van der Waals surface area contributed by atoms with Crippen LogP contribution in [0.5, 0.6) is 0 Å². The molecule has 2 rings (SSSR count). The Labute approximate surface area is 114 Å². The van der Waals surface area contributed by atoms with Crippen LogP contribution < -0.4 is 5.32 Å². The molecule has 2 aromatic rings. The lowest BCUT2D eigenvalue weighted by molar-refractivity contribution is 0.0949. The van der Waals surface area contributed by atoms with Crippen molar-refractivity contribution in [3.63, 3.8) is 0 Å². The Morgan fingerprint density at radius 2 is 2.32 bits per heavy atom. The zero-order valence-electron chi connectivity index (χ0n) is 9.99. The molecule has 0 saturated heterocycles. The quantitative estimate of drug-likeness (QED) is 0.824. The van der Waals surface area contributed by atoms with Crippen LogP contribution in [-0.2, 0) is 6.42 Å². The number of rotatable bonds is 5. The van der Waals surface area contributed by atoms with Gasteiger partial charge in [0.25, 0.3) is 5.91 Å². The monoisotopic (exact) mass is 282 g/mol. The van der Waals surface area contributed by atoms with E-state index < -0.39 is 11.7 Å². The highest BCUT2D eigenvalue weighted by molar-refractivity contribution is 6.33. The van der Waals surface area contributed by atoms with Crippen molar-refractivity contribution in [2.75, 3.05) is 6.54 Å². The minimum atomic E-state index is -0.625. The summed E-state index contributed by atoms with van der Waals surface area (Å²) in [5.41, 5.74) is -0.121. The lowest BCUT2D eigenvalue weighted by atomic mass is 10.2. The molecule has 5 nitrogen and oxygen atoms in total. The summed E-state index contributed by atoms with van der Waals surface area (Å²) in [7, 11) is 0. The lowest BCUT2D eigenvalue weighted by Gasteiger charge is -2.07. The Balaban J connectivity index is 1.84. The Hall–Kier alpha value is -1.95. The molecule has 100 valence electrons. The maximum absolute atomic E-state index is 13.5. The smallest absolute Gasteiger partial charge is 0.255 e. The van der Waals surface area contributed by atoms with Gasteiger partial charge in [-0.3, -0.25) is 9.89 Å². The number of aromatic nitrogens is 3. The van der Waals surface area contributed by atoms with Crippen LogP contribution in [0.25, 0.3) is 0 Å². The summed E-state index contributed by atoms with van der Waals surface area (Å²) in [5, 5.41) is 9.16. The summed E-state index contributed by atoms with van der Waals surface area (Å²) in [6.07, 6.45) is 2.76. The van der Waals surface area contributed by atoms with Gasteiger partial charge in [0.1, 0.15) is 18.0 Å². The molecule has 19 heavy (non-hydrogen) atoms. The van der Waals surface area contributed by atoms with Crippen LogP contribution in [0.15, 0.2) is 24.5 Å². The van der Waals surface area contributed by atoms with Gasteiger partial charge >= 0.3 is 0 Å². The number of hydrogen-bond acceptors (Lipinski definition) is 3. The number of aryl methyl sites for hydroxylation is 1. The van der Waals surface area contributed by atoms with Crippen molar-refractivity contribution in [1.29, 1.82) is 0 Å². The fraction of sp³-hybridized carbons (Fsp3) is 0.250. The second-order valence-electron chi connectivity index (χ2n) is 3.89. The Morgan fingerprint density at radius 3 is 3.00 bits per heavy atom.